The van der Waals surface area contributed by atoms with Crippen molar-refractivity contribution in [2.75, 3.05) is 5.32 Å². The predicted octanol–water partition coefficient (Wildman–Crippen LogP) is 3.04. The first kappa shape index (κ1) is 14.1. The van der Waals surface area contributed by atoms with Gasteiger partial charge in [-0.1, -0.05) is 26.0 Å². The Balaban J connectivity index is 2.12. The third-order valence-electron chi connectivity index (χ3n) is 3.26. The minimum Gasteiger partial charge on any atom is -0.335 e. The molecule has 2 rings (SSSR count). The summed E-state index contributed by atoms with van der Waals surface area (Å²) >= 11 is 0. The first-order valence-electron chi connectivity index (χ1n) is 6.74. The molecule has 106 valence electrons. The quantitative estimate of drug-likeness (QED) is 0.898. The Kier molecular flexibility index (Phi) is 4.40. The summed E-state index contributed by atoms with van der Waals surface area (Å²) in [6, 6.07) is 9.33. The lowest BCUT2D eigenvalue weighted by Crippen LogP contribution is -2.39. The van der Waals surface area contributed by atoms with Crippen LogP contribution in [0.3, 0.4) is 0 Å². The number of carbonyl (C=O) groups is 1. The fourth-order valence-corrected chi connectivity index (χ4v) is 1.72. The first-order valence-corrected chi connectivity index (χ1v) is 6.74. The van der Waals surface area contributed by atoms with Crippen LogP contribution in [0.25, 0.3) is 5.69 Å². The second kappa shape index (κ2) is 6.23. The van der Waals surface area contributed by atoms with Crippen molar-refractivity contribution in [2.24, 2.45) is 5.92 Å². The van der Waals surface area contributed by atoms with Crippen LogP contribution in [0.2, 0.25) is 0 Å². The average Bonchev–Trinajstić information content (AvgIpc) is 2.92. The maximum Gasteiger partial charge on any atom is 0.319 e. The van der Waals surface area contributed by atoms with Crippen molar-refractivity contribution in [1.82, 2.24) is 15.1 Å². The van der Waals surface area contributed by atoms with Crippen LogP contribution in [0.1, 0.15) is 20.8 Å². The van der Waals surface area contributed by atoms with Gasteiger partial charge in [-0.05, 0) is 31.0 Å². The highest BCUT2D eigenvalue weighted by atomic mass is 16.2. The van der Waals surface area contributed by atoms with Crippen molar-refractivity contribution in [2.45, 2.75) is 26.8 Å². The summed E-state index contributed by atoms with van der Waals surface area (Å²) in [7, 11) is 0. The molecular weight excluding hydrogens is 252 g/mol. The summed E-state index contributed by atoms with van der Waals surface area (Å²) in [5, 5.41) is 9.98. The minimum atomic E-state index is -0.203. The molecule has 0 unspecified atom stereocenters. The molecule has 0 aliphatic rings. The Morgan fingerprint density at radius 3 is 2.60 bits per heavy atom. The lowest BCUT2D eigenvalue weighted by molar-refractivity contribution is 0.246. The van der Waals surface area contributed by atoms with Gasteiger partial charge in [0.1, 0.15) is 0 Å². The molecule has 1 atom stereocenters. The minimum absolute atomic E-state index is 0.117. The third kappa shape index (κ3) is 3.38. The number of urea groups is 1. The zero-order chi connectivity index (χ0) is 14.5. The number of nitrogens with zero attached hydrogens (tertiary/aromatic N) is 2. The lowest BCUT2D eigenvalue weighted by Gasteiger charge is -2.18. The van der Waals surface area contributed by atoms with E-state index < -0.39 is 0 Å². The van der Waals surface area contributed by atoms with Crippen LogP contribution in [-0.2, 0) is 0 Å². The smallest absolute Gasteiger partial charge is 0.319 e. The monoisotopic (exact) mass is 272 g/mol. The molecule has 0 aliphatic carbocycles. The molecule has 0 spiro atoms. The van der Waals surface area contributed by atoms with E-state index in [0.29, 0.717) is 5.92 Å². The molecule has 1 heterocycles. The number of anilines is 1. The first-order chi connectivity index (χ1) is 9.58. The van der Waals surface area contributed by atoms with E-state index in [1.54, 1.807) is 10.9 Å². The number of carbonyl (C=O) groups excluding carboxylic acids is 1. The van der Waals surface area contributed by atoms with E-state index in [9.17, 15) is 4.79 Å². The van der Waals surface area contributed by atoms with Crippen molar-refractivity contribution >= 4 is 11.7 Å². The second-order valence-electron chi connectivity index (χ2n) is 5.10. The molecule has 1 aromatic heterocycles. The van der Waals surface area contributed by atoms with Gasteiger partial charge >= 0.3 is 6.03 Å². The van der Waals surface area contributed by atoms with Crippen LogP contribution in [0.15, 0.2) is 42.7 Å². The molecular formula is C15H20N4O. The maximum atomic E-state index is 12.0. The largest absolute Gasteiger partial charge is 0.335 e. The lowest BCUT2D eigenvalue weighted by atomic mass is 10.1. The number of benzene rings is 1. The molecule has 0 bridgehead atoms. The number of para-hydroxylation sites is 2. The number of nitrogens with one attached hydrogen (secondary N) is 2. The highest BCUT2D eigenvalue weighted by Gasteiger charge is 2.12. The number of rotatable bonds is 4. The Morgan fingerprint density at radius 2 is 1.95 bits per heavy atom. The highest BCUT2D eigenvalue weighted by molar-refractivity contribution is 5.91. The molecule has 5 heteroatoms. The molecule has 2 aromatic rings. The zero-order valence-electron chi connectivity index (χ0n) is 12.0. The van der Waals surface area contributed by atoms with Gasteiger partial charge in [0, 0.05) is 18.4 Å². The van der Waals surface area contributed by atoms with E-state index in [1.165, 1.54) is 0 Å². The molecule has 0 aliphatic heterocycles. The van der Waals surface area contributed by atoms with Gasteiger partial charge in [0.15, 0.2) is 0 Å². The zero-order valence-corrected chi connectivity index (χ0v) is 12.0. The third-order valence-corrected chi connectivity index (χ3v) is 3.26. The molecule has 2 amide bonds. The van der Waals surface area contributed by atoms with Crippen LogP contribution >= 0.6 is 0 Å². The summed E-state index contributed by atoms with van der Waals surface area (Å²) in [6.45, 7) is 6.13. The van der Waals surface area contributed by atoms with Crippen molar-refractivity contribution in [3.63, 3.8) is 0 Å². The summed E-state index contributed by atoms with van der Waals surface area (Å²) in [5.41, 5.74) is 1.56. The molecule has 5 nitrogen and oxygen atoms in total. The van der Waals surface area contributed by atoms with Crippen molar-refractivity contribution in [1.29, 1.82) is 0 Å². The second-order valence-corrected chi connectivity index (χ2v) is 5.10. The predicted molar refractivity (Wildman–Crippen MR) is 80.0 cm³/mol. The Morgan fingerprint density at radius 1 is 1.20 bits per heavy atom. The number of hydrogen-bond donors (Lipinski definition) is 2. The number of hydrogen-bond acceptors (Lipinski definition) is 2. The molecule has 0 fully saturated rings. The van der Waals surface area contributed by atoms with Gasteiger partial charge in [0.05, 0.1) is 11.4 Å². The van der Waals surface area contributed by atoms with Crippen molar-refractivity contribution < 1.29 is 4.79 Å². The Hall–Kier alpha value is -2.30. The van der Waals surface area contributed by atoms with Crippen LogP contribution in [0, 0.1) is 5.92 Å². The van der Waals surface area contributed by atoms with Gasteiger partial charge in [0.25, 0.3) is 0 Å². The fraction of sp³-hybridized carbons (Fsp3) is 0.333. The van der Waals surface area contributed by atoms with Crippen molar-refractivity contribution in [3.05, 3.63) is 42.7 Å². The van der Waals surface area contributed by atoms with E-state index in [1.807, 2.05) is 43.5 Å². The molecule has 0 saturated heterocycles. The van der Waals surface area contributed by atoms with Crippen LogP contribution in [-0.4, -0.2) is 21.9 Å². The molecule has 0 radical (unpaired) electrons. The Bertz CT molecular complexity index is 563. The highest BCUT2D eigenvalue weighted by Crippen LogP contribution is 2.18. The Labute approximate surface area is 119 Å². The van der Waals surface area contributed by atoms with Crippen LogP contribution in [0.4, 0.5) is 10.5 Å². The molecule has 2 N–H and O–H groups in total. The van der Waals surface area contributed by atoms with E-state index in [2.05, 4.69) is 29.6 Å². The fourth-order valence-electron chi connectivity index (χ4n) is 1.72. The molecule has 0 saturated carbocycles. The SMILES string of the molecule is CC(C)[C@@H](C)NC(=O)Nc1ccccc1-n1cccn1. The van der Waals surface area contributed by atoms with Gasteiger partial charge in [-0.3, -0.25) is 0 Å². The number of amides is 2. The summed E-state index contributed by atoms with van der Waals surface area (Å²) in [6.07, 6.45) is 3.55. The van der Waals surface area contributed by atoms with E-state index >= 15 is 0 Å². The standard InChI is InChI=1S/C15H20N4O/c1-11(2)12(3)17-15(20)18-13-7-4-5-8-14(13)19-10-6-9-16-19/h4-12H,1-3H3,(H2,17,18,20)/t12-/m1/s1. The summed E-state index contributed by atoms with van der Waals surface area (Å²) < 4.78 is 1.72. The molecule has 1 aromatic carbocycles. The van der Waals surface area contributed by atoms with Gasteiger partial charge in [0.2, 0.25) is 0 Å². The van der Waals surface area contributed by atoms with E-state index in [-0.39, 0.29) is 12.1 Å². The molecule has 20 heavy (non-hydrogen) atoms. The normalized spacial score (nSPS) is 12.2. The number of aromatic nitrogens is 2. The van der Waals surface area contributed by atoms with Gasteiger partial charge < -0.3 is 10.6 Å². The summed E-state index contributed by atoms with van der Waals surface area (Å²) in [5.74, 6) is 0.391. The van der Waals surface area contributed by atoms with Gasteiger partial charge in [-0.2, -0.15) is 5.10 Å². The van der Waals surface area contributed by atoms with Crippen LogP contribution < -0.4 is 10.6 Å². The van der Waals surface area contributed by atoms with Gasteiger partial charge in [-0.15, -0.1) is 0 Å². The van der Waals surface area contributed by atoms with E-state index in [0.717, 1.165) is 11.4 Å². The van der Waals surface area contributed by atoms with Crippen LogP contribution in [0.5, 0.6) is 0 Å². The van der Waals surface area contributed by atoms with E-state index in [4.69, 9.17) is 0 Å². The average molecular weight is 272 g/mol. The topological polar surface area (TPSA) is 59.0 Å². The summed E-state index contributed by atoms with van der Waals surface area (Å²) in [4.78, 5) is 12.0. The maximum absolute atomic E-state index is 12.0. The van der Waals surface area contributed by atoms with Gasteiger partial charge in [-0.25, -0.2) is 9.48 Å². The van der Waals surface area contributed by atoms with Crippen molar-refractivity contribution in [3.8, 4) is 5.69 Å².